The SMILES string of the molecule is CC(C)c1ccccc1NC(=O)NC(=O)c1ccco1. The normalized spacial score (nSPS) is 10.3. The Bertz CT molecular complexity index is 603. The molecule has 0 spiro atoms. The second-order valence-electron chi connectivity index (χ2n) is 4.63. The summed E-state index contributed by atoms with van der Waals surface area (Å²) in [6.07, 6.45) is 1.38. The van der Waals surface area contributed by atoms with E-state index < -0.39 is 11.9 Å². The fourth-order valence-electron chi connectivity index (χ4n) is 1.84. The molecule has 1 heterocycles. The van der Waals surface area contributed by atoms with Crippen LogP contribution in [0.15, 0.2) is 47.1 Å². The van der Waals surface area contributed by atoms with Gasteiger partial charge in [0.15, 0.2) is 5.76 Å². The van der Waals surface area contributed by atoms with Gasteiger partial charge in [-0.3, -0.25) is 10.1 Å². The summed E-state index contributed by atoms with van der Waals surface area (Å²) in [7, 11) is 0. The molecule has 0 unspecified atom stereocenters. The number of carbonyl (C=O) groups excluding carboxylic acids is 2. The Morgan fingerprint density at radius 3 is 2.50 bits per heavy atom. The molecule has 5 nitrogen and oxygen atoms in total. The Morgan fingerprint density at radius 1 is 1.10 bits per heavy atom. The molecule has 2 rings (SSSR count). The predicted octanol–water partition coefficient (Wildman–Crippen LogP) is 3.36. The minimum absolute atomic E-state index is 0.0947. The van der Waals surface area contributed by atoms with Gasteiger partial charge in [-0.1, -0.05) is 32.0 Å². The number of amides is 3. The zero-order chi connectivity index (χ0) is 14.5. The quantitative estimate of drug-likeness (QED) is 0.899. The van der Waals surface area contributed by atoms with Gasteiger partial charge in [0.05, 0.1) is 6.26 Å². The van der Waals surface area contributed by atoms with Gasteiger partial charge in [0.1, 0.15) is 0 Å². The molecule has 0 aliphatic heterocycles. The van der Waals surface area contributed by atoms with Crippen molar-refractivity contribution in [3.05, 3.63) is 54.0 Å². The zero-order valence-electron chi connectivity index (χ0n) is 11.3. The maximum absolute atomic E-state index is 11.8. The Labute approximate surface area is 117 Å². The first-order valence-electron chi connectivity index (χ1n) is 6.32. The van der Waals surface area contributed by atoms with Crippen LogP contribution in [0.5, 0.6) is 0 Å². The van der Waals surface area contributed by atoms with Gasteiger partial charge in [0.25, 0.3) is 5.91 Å². The van der Waals surface area contributed by atoms with Crippen LogP contribution < -0.4 is 10.6 Å². The summed E-state index contributed by atoms with van der Waals surface area (Å²) in [5.74, 6) is -0.209. The van der Waals surface area contributed by atoms with Crippen LogP contribution in [0.1, 0.15) is 35.9 Å². The highest BCUT2D eigenvalue weighted by atomic mass is 16.3. The van der Waals surface area contributed by atoms with Crippen molar-refractivity contribution < 1.29 is 14.0 Å². The minimum atomic E-state index is -0.584. The van der Waals surface area contributed by atoms with E-state index in [1.54, 1.807) is 12.1 Å². The average molecular weight is 272 g/mol. The second kappa shape index (κ2) is 6.06. The molecule has 0 atom stereocenters. The number of urea groups is 1. The zero-order valence-corrected chi connectivity index (χ0v) is 11.3. The number of hydrogen-bond acceptors (Lipinski definition) is 3. The van der Waals surface area contributed by atoms with Crippen molar-refractivity contribution in [3.63, 3.8) is 0 Å². The Kier molecular flexibility index (Phi) is 4.20. The lowest BCUT2D eigenvalue weighted by Crippen LogP contribution is -2.34. The van der Waals surface area contributed by atoms with Crippen LogP contribution in [0.25, 0.3) is 0 Å². The van der Waals surface area contributed by atoms with Crippen molar-refractivity contribution in [2.75, 3.05) is 5.32 Å². The van der Waals surface area contributed by atoms with Gasteiger partial charge in [0.2, 0.25) is 0 Å². The highest BCUT2D eigenvalue weighted by Gasteiger charge is 2.14. The third kappa shape index (κ3) is 3.26. The molecular weight excluding hydrogens is 256 g/mol. The molecule has 2 N–H and O–H groups in total. The third-order valence-corrected chi connectivity index (χ3v) is 2.80. The van der Waals surface area contributed by atoms with Gasteiger partial charge in [0, 0.05) is 5.69 Å². The number of carbonyl (C=O) groups is 2. The van der Waals surface area contributed by atoms with Crippen molar-refractivity contribution in [1.29, 1.82) is 0 Å². The molecule has 0 saturated carbocycles. The molecular formula is C15H16N2O3. The molecule has 0 bridgehead atoms. The molecule has 0 saturated heterocycles. The van der Waals surface area contributed by atoms with Gasteiger partial charge < -0.3 is 9.73 Å². The van der Waals surface area contributed by atoms with E-state index in [2.05, 4.69) is 10.6 Å². The number of imide groups is 1. The molecule has 20 heavy (non-hydrogen) atoms. The lowest BCUT2D eigenvalue weighted by Gasteiger charge is -2.13. The summed E-state index contributed by atoms with van der Waals surface area (Å²) in [5, 5.41) is 4.89. The average Bonchev–Trinajstić information content (AvgIpc) is 2.92. The molecule has 5 heteroatoms. The third-order valence-electron chi connectivity index (χ3n) is 2.80. The number of rotatable bonds is 3. The molecule has 2 aromatic rings. The topological polar surface area (TPSA) is 71.3 Å². The number of hydrogen-bond donors (Lipinski definition) is 2. The van der Waals surface area contributed by atoms with Crippen LogP contribution in [0.2, 0.25) is 0 Å². The smallest absolute Gasteiger partial charge is 0.326 e. The van der Waals surface area contributed by atoms with E-state index in [9.17, 15) is 9.59 Å². The van der Waals surface area contributed by atoms with Gasteiger partial charge in [-0.25, -0.2) is 4.79 Å². The highest BCUT2D eigenvalue weighted by Crippen LogP contribution is 2.23. The van der Waals surface area contributed by atoms with E-state index in [1.165, 1.54) is 12.3 Å². The monoisotopic (exact) mass is 272 g/mol. The minimum Gasteiger partial charge on any atom is -0.459 e. The first-order valence-corrected chi connectivity index (χ1v) is 6.32. The van der Waals surface area contributed by atoms with Gasteiger partial charge in [-0.15, -0.1) is 0 Å². The molecule has 0 radical (unpaired) electrons. The standard InChI is InChI=1S/C15H16N2O3/c1-10(2)11-6-3-4-7-12(11)16-15(19)17-14(18)13-8-5-9-20-13/h3-10H,1-2H3,(H2,16,17,18,19). The molecule has 104 valence electrons. The molecule has 1 aromatic heterocycles. The molecule has 0 fully saturated rings. The summed E-state index contributed by atoms with van der Waals surface area (Å²) in [5.41, 5.74) is 1.69. The molecule has 0 aliphatic rings. The number of benzene rings is 1. The number of furan rings is 1. The summed E-state index contributed by atoms with van der Waals surface area (Å²) >= 11 is 0. The van der Waals surface area contributed by atoms with E-state index in [-0.39, 0.29) is 11.7 Å². The molecule has 1 aromatic carbocycles. The Morgan fingerprint density at radius 2 is 1.85 bits per heavy atom. The number of para-hydroxylation sites is 1. The van der Waals surface area contributed by atoms with Gasteiger partial charge in [-0.2, -0.15) is 0 Å². The van der Waals surface area contributed by atoms with E-state index in [1.807, 2.05) is 32.0 Å². The van der Waals surface area contributed by atoms with Crippen LogP contribution in [-0.2, 0) is 0 Å². The van der Waals surface area contributed by atoms with Gasteiger partial charge in [-0.05, 0) is 29.7 Å². The van der Waals surface area contributed by atoms with Crippen molar-refractivity contribution in [2.24, 2.45) is 0 Å². The van der Waals surface area contributed by atoms with Crippen LogP contribution in [0, 0.1) is 0 Å². The largest absolute Gasteiger partial charge is 0.459 e. The van der Waals surface area contributed by atoms with Crippen molar-refractivity contribution in [2.45, 2.75) is 19.8 Å². The Balaban J connectivity index is 2.04. The summed E-state index contributed by atoms with van der Waals surface area (Å²) in [6, 6.07) is 9.97. The first-order chi connectivity index (χ1) is 9.58. The fourth-order valence-corrected chi connectivity index (χ4v) is 1.84. The van der Waals surface area contributed by atoms with E-state index in [4.69, 9.17) is 4.42 Å². The number of nitrogens with one attached hydrogen (secondary N) is 2. The first kappa shape index (κ1) is 13.9. The van der Waals surface area contributed by atoms with Crippen LogP contribution in [0.3, 0.4) is 0 Å². The lowest BCUT2D eigenvalue weighted by atomic mass is 10.0. The van der Waals surface area contributed by atoms with Crippen LogP contribution >= 0.6 is 0 Å². The lowest BCUT2D eigenvalue weighted by molar-refractivity contribution is 0.0940. The van der Waals surface area contributed by atoms with Crippen molar-refractivity contribution >= 4 is 17.6 Å². The van der Waals surface area contributed by atoms with Gasteiger partial charge >= 0.3 is 6.03 Å². The van der Waals surface area contributed by atoms with E-state index >= 15 is 0 Å². The van der Waals surface area contributed by atoms with Crippen LogP contribution in [-0.4, -0.2) is 11.9 Å². The predicted molar refractivity (Wildman–Crippen MR) is 75.7 cm³/mol. The van der Waals surface area contributed by atoms with Crippen molar-refractivity contribution in [3.8, 4) is 0 Å². The highest BCUT2D eigenvalue weighted by molar-refractivity contribution is 6.06. The van der Waals surface area contributed by atoms with E-state index in [0.717, 1.165) is 5.56 Å². The maximum atomic E-state index is 11.8. The molecule has 0 aliphatic carbocycles. The summed E-state index contributed by atoms with van der Waals surface area (Å²) in [6.45, 7) is 4.07. The van der Waals surface area contributed by atoms with Crippen LogP contribution in [0.4, 0.5) is 10.5 Å². The summed E-state index contributed by atoms with van der Waals surface area (Å²) < 4.78 is 4.92. The second-order valence-corrected chi connectivity index (χ2v) is 4.63. The Hall–Kier alpha value is -2.56. The fraction of sp³-hybridized carbons (Fsp3) is 0.200. The van der Waals surface area contributed by atoms with Crippen molar-refractivity contribution in [1.82, 2.24) is 5.32 Å². The summed E-state index contributed by atoms with van der Waals surface area (Å²) in [4.78, 5) is 23.5. The van der Waals surface area contributed by atoms with E-state index in [0.29, 0.717) is 5.69 Å². The molecule has 3 amide bonds. The number of anilines is 1. The maximum Gasteiger partial charge on any atom is 0.326 e.